The van der Waals surface area contributed by atoms with Crippen molar-refractivity contribution in [3.8, 4) is 34.3 Å². The van der Waals surface area contributed by atoms with Crippen LogP contribution in [-0.2, 0) is 0 Å². The molecule has 3 aromatic carbocycles. The Balaban J connectivity index is 1.82. The zero-order valence-corrected chi connectivity index (χ0v) is 20.3. The highest BCUT2D eigenvalue weighted by atomic mass is 16.5. The van der Waals surface area contributed by atoms with Gasteiger partial charge in [0.05, 0.1) is 26.7 Å². The number of ketones is 1. The SMILES string of the molecule is COc1ccc(C(=O)COc2c(-c3ccc(OC)c(OC)c3)oc3c(C)cc(C)cc3c2=O)cc1. The molecule has 0 spiro atoms. The number of hydrogen-bond acceptors (Lipinski definition) is 7. The van der Waals surface area contributed by atoms with Crippen LogP contribution in [-0.4, -0.2) is 33.7 Å². The molecule has 0 fully saturated rings. The summed E-state index contributed by atoms with van der Waals surface area (Å²) in [5.41, 5.74) is 2.83. The maximum atomic E-state index is 13.6. The zero-order chi connectivity index (χ0) is 25.1. The summed E-state index contributed by atoms with van der Waals surface area (Å²) in [6, 6.07) is 15.5. The average Bonchev–Trinajstić information content (AvgIpc) is 2.87. The van der Waals surface area contributed by atoms with Crippen LogP contribution in [0.3, 0.4) is 0 Å². The van der Waals surface area contributed by atoms with Crippen molar-refractivity contribution in [1.82, 2.24) is 0 Å². The van der Waals surface area contributed by atoms with Crippen molar-refractivity contribution >= 4 is 16.8 Å². The first-order chi connectivity index (χ1) is 16.9. The van der Waals surface area contributed by atoms with Gasteiger partial charge in [-0.3, -0.25) is 9.59 Å². The number of carbonyl (C=O) groups excluding carboxylic acids is 1. The summed E-state index contributed by atoms with van der Waals surface area (Å²) in [5.74, 6) is 1.51. The van der Waals surface area contributed by atoms with Gasteiger partial charge in [0.25, 0.3) is 0 Å². The molecule has 1 heterocycles. The first-order valence-electron chi connectivity index (χ1n) is 11.0. The summed E-state index contributed by atoms with van der Waals surface area (Å²) in [4.78, 5) is 26.4. The first-order valence-corrected chi connectivity index (χ1v) is 11.0. The number of carbonyl (C=O) groups is 1. The van der Waals surface area contributed by atoms with Gasteiger partial charge in [0.2, 0.25) is 11.2 Å². The lowest BCUT2D eigenvalue weighted by atomic mass is 10.0. The van der Waals surface area contributed by atoms with Crippen LogP contribution >= 0.6 is 0 Å². The summed E-state index contributed by atoms with van der Waals surface area (Å²) in [6.45, 7) is 3.44. The molecule has 4 rings (SSSR count). The van der Waals surface area contributed by atoms with E-state index in [9.17, 15) is 9.59 Å². The second-order valence-electron chi connectivity index (χ2n) is 8.06. The molecule has 0 bridgehead atoms. The minimum Gasteiger partial charge on any atom is -0.497 e. The largest absolute Gasteiger partial charge is 0.497 e. The highest BCUT2D eigenvalue weighted by molar-refractivity contribution is 5.97. The van der Waals surface area contributed by atoms with Gasteiger partial charge in [-0.2, -0.15) is 0 Å². The Hall–Kier alpha value is -4.26. The highest BCUT2D eigenvalue weighted by Crippen LogP contribution is 2.37. The van der Waals surface area contributed by atoms with Gasteiger partial charge in [-0.05, 0) is 73.5 Å². The molecule has 0 saturated carbocycles. The Kier molecular flexibility index (Phi) is 6.78. The van der Waals surface area contributed by atoms with Crippen molar-refractivity contribution in [3.05, 3.63) is 81.5 Å². The van der Waals surface area contributed by atoms with Crippen molar-refractivity contribution in [3.63, 3.8) is 0 Å². The maximum absolute atomic E-state index is 13.6. The summed E-state index contributed by atoms with van der Waals surface area (Å²) < 4.78 is 28.0. The van der Waals surface area contributed by atoms with Crippen molar-refractivity contribution in [2.45, 2.75) is 13.8 Å². The molecule has 7 heteroatoms. The van der Waals surface area contributed by atoms with Gasteiger partial charge in [-0.15, -0.1) is 0 Å². The Morgan fingerprint density at radius 3 is 2.23 bits per heavy atom. The van der Waals surface area contributed by atoms with Crippen LogP contribution in [0.1, 0.15) is 21.5 Å². The second-order valence-corrected chi connectivity index (χ2v) is 8.06. The van der Waals surface area contributed by atoms with Gasteiger partial charge in [-0.1, -0.05) is 6.07 Å². The lowest BCUT2D eigenvalue weighted by Gasteiger charge is -2.14. The van der Waals surface area contributed by atoms with E-state index in [1.807, 2.05) is 19.9 Å². The predicted octanol–water partition coefficient (Wildman–Crippen LogP) is 5.36. The molecule has 0 radical (unpaired) electrons. The van der Waals surface area contributed by atoms with Crippen LogP contribution in [0.4, 0.5) is 0 Å². The van der Waals surface area contributed by atoms with E-state index in [1.165, 1.54) is 7.11 Å². The number of methoxy groups -OCH3 is 3. The van der Waals surface area contributed by atoms with Crippen molar-refractivity contribution in [2.75, 3.05) is 27.9 Å². The predicted molar refractivity (Wildman–Crippen MR) is 133 cm³/mol. The average molecular weight is 475 g/mol. The van der Waals surface area contributed by atoms with Gasteiger partial charge in [0, 0.05) is 11.1 Å². The molecular weight excluding hydrogens is 448 g/mol. The van der Waals surface area contributed by atoms with Crippen LogP contribution in [0, 0.1) is 13.8 Å². The van der Waals surface area contributed by atoms with E-state index in [1.54, 1.807) is 62.8 Å². The van der Waals surface area contributed by atoms with E-state index in [2.05, 4.69) is 0 Å². The number of fused-ring (bicyclic) bond motifs is 1. The number of ether oxygens (including phenoxy) is 4. The molecular formula is C28H26O7. The monoisotopic (exact) mass is 474 g/mol. The third kappa shape index (κ3) is 4.71. The Morgan fingerprint density at radius 1 is 0.857 bits per heavy atom. The fraction of sp³-hybridized carbons (Fsp3) is 0.214. The van der Waals surface area contributed by atoms with Gasteiger partial charge in [-0.25, -0.2) is 0 Å². The lowest BCUT2D eigenvalue weighted by Crippen LogP contribution is -2.17. The molecule has 0 saturated heterocycles. The number of hydrogen-bond donors (Lipinski definition) is 0. The summed E-state index contributed by atoms with van der Waals surface area (Å²) >= 11 is 0. The molecule has 1 aromatic heterocycles. The van der Waals surface area contributed by atoms with Gasteiger partial charge < -0.3 is 23.4 Å². The van der Waals surface area contributed by atoms with E-state index < -0.39 is 0 Å². The Labute approximate surface area is 202 Å². The van der Waals surface area contributed by atoms with Gasteiger partial charge >= 0.3 is 0 Å². The van der Waals surface area contributed by atoms with E-state index in [0.717, 1.165) is 11.1 Å². The summed E-state index contributed by atoms with van der Waals surface area (Å²) in [6.07, 6.45) is 0. The number of Topliss-reactive ketones (excluding diaryl/α,β-unsaturated/α-hetero) is 1. The third-order valence-electron chi connectivity index (χ3n) is 5.69. The number of rotatable bonds is 8. The minimum atomic E-state index is -0.356. The van der Waals surface area contributed by atoms with Crippen LogP contribution < -0.4 is 24.4 Å². The van der Waals surface area contributed by atoms with Gasteiger partial charge in [0.1, 0.15) is 11.3 Å². The molecule has 180 valence electrons. The molecule has 0 aliphatic carbocycles. The number of benzene rings is 3. The standard InChI is InChI=1S/C28H26O7/c1-16-12-17(2)26-21(13-16)25(30)28(34-15-22(29)18-6-9-20(31-3)10-7-18)27(35-26)19-8-11-23(32-4)24(14-19)33-5/h6-14H,15H2,1-5H3. The van der Waals surface area contributed by atoms with Crippen molar-refractivity contribution < 1.29 is 28.2 Å². The third-order valence-corrected chi connectivity index (χ3v) is 5.69. The van der Waals surface area contributed by atoms with Crippen LogP contribution in [0.5, 0.6) is 23.0 Å². The van der Waals surface area contributed by atoms with Crippen LogP contribution in [0.2, 0.25) is 0 Å². The van der Waals surface area contributed by atoms with E-state index in [4.69, 9.17) is 23.4 Å². The second kappa shape index (κ2) is 9.93. The number of aryl methyl sites for hydroxylation is 2. The van der Waals surface area contributed by atoms with Crippen LogP contribution in [0.15, 0.2) is 63.8 Å². The molecule has 0 amide bonds. The normalized spacial score (nSPS) is 10.8. The summed E-state index contributed by atoms with van der Waals surface area (Å²) in [5, 5.41) is 0.388. The molecule has 35 heavy (non-hydrogen) atoms. The van der Waals surface area contributed by atoms with E-state index in [-0.39, 0.29) is 29.3 Å². The fourth-order valence-corrected chi connectivity index (χ4v) is 3.93. The smallest absolute Gasteiger partial charge is 0.235 e. The molecule has 0 aliphatic rings. The summed E-state index contributed by atoms with van der Waals surface area (Å²) in [7, 11) is 4.62. The van der Waals surface area contributed by atoms with E-state index >= 15 is 0 Å². The van der Waals surface area contributed by atoms with E-state index in [0.29, 0.717) is 39.3 Å². The quantitative estimate of drug-likeness (QED) is 0.318. The Bertz CT molecular complexity index is 1450. The molecule has 0 N–H and O–H groups in total. The zero-order valence-electron chi connectivity index (χ0n) is 20.3. The molecule has 0 unspecified atom stereocenters. The minimum absolute atomic E-state index is 0.0448. The maximum Gasteiger partial charge on any atom is 0.235 e. The molecule has 4 aromatic rings. The van der Waals surface area contributed by atoms with Gasteiger partial charge in [0.15, 0.2) is 29.6 Å². The lowest BCUT2D eigenvalue weighted by molar-refractivity contribution is 0.0920. The topological polar surface area (TPSA) is 84.2 Å². The van der Waals surface area contributed by atoms with Crippen molar-refractivity contribution in [1.29, 1.82) is 0 Å². The molecule has 7 nitrogen and oxygen atoms in total. The first kappa shape index (κ1) is 23.9. The molecule has 0 aliphatic heterocycles. The van der Waals surface area contributed by atoms with Crippen LogP contribution in [0.25, 0.3) is 22.3 Å². The van der Waals surface area contributed by atoms with Crippen molar-refractivity contribution in [2.24, 2.45) is 0 Å². The highest BCUT2D eigenvalue weighted by Gasteiger charge is 2.21. The fourth-order valence-electron chi connectivity index (χ4n) is 3.93. The molecule has 0 atom stereocenters. The Morgan fingerprint density at radius 2 is 1.57 bits per heavy atom.